The molecule has 10 heteroatoms. The van der Waals surface area contributed by atoms with Gasteiger partial charge in [-0.15, -0.1) is 0 Å². The summed E-state index contributed by atoms with van der Waals surface area (Å²) in [6, 6.07) is 0. The maximum Gasteiger partial charge on any atom is 0.232 e. The monoisotopic (exact) mass is 351 g/mol. The Bertz CT molecular complexity index is 611. The summed E-state index contributed by atoms with van der Waals surface area (Å²) >= 11 is 7.56. The first-order chi connectivity index (χ1) is 9.85. The number of nitrogens with zero attached hydrogens (tertiary/aromatic N) is 5. The molecule has 0 saturated carbocycles. The largest absolute Gasteiger partial charge is 0.347 e. The molecule has 1 unspecified atom stereocenters. The second kappa shape index (κ2) is 6.53. The van der Waals surface area contributed by atoms with Gasteiger partial charge in [-0.05, 0) is 11.6 Å². The van der Waals surface area contributed by atoms with E-state index in [1.54, 1.807) is 42.6 Å². The van der Waals surface area contributed by atoms with E-state index >= 15 is 0 Å². The van der Waals surface area contributed by atoms with Gasteiger partial charge in [-0.25, -0.2) is 8.42 Å². The van der Waals surface area contributed by atoms with E-state index in [0.29, 0.717) is 24.2 Å². The van der Waals surface area contributed by atoms with Gasteiger partial charge >= 0.3 is 0 Å². The highest BCUT2D eigenvalue weighted by Gasteiger charge is 2.34. The van der Waals surface area contributed by atoms with Crippen molar-refractivity contribution in [2.45, 2.75) is 12.3 Å². The lowest BCUT2D eigenvalue weighted by Gasteiger charge is -2.34. The summed E-state index contributed by atoms with van der Waals surface area (Å²) in [5.74, 6) is 2.16. The van der Waals surface area contributed by atoms with Crippen LogP contribution in [0.4, 0.5) is 11.9 Å². The minimum Gasteiger partial charge on any atom is -0.347 e. The third-order valence-corrected chi connectivity index (χ3v) is 6.60. The second-order valence-corrected chi connectivity index (χ2v) is 8.71. The molecule has 0 amide bonds. The normalized spacial score (nSPS) is 19.6. The summed E-state index contributed by atoms with van der Waals surface area (Å²) in [5, 5.41) is -0.552. The van der Waals surface area contributed by atoms with Crippen LogP contribution in [0.25, 0.3) is 0 Å². The molecule has 0 spiro atoms. The maximum atomic E-state index is 12.3. The number of rotatable bonds is 4. The molecule has 0 aromatic carbocycles. The number of halogens is 1. The number of thioether (sulfide) groups is 1. The van der Waals surface area contributed by atoms with Crippen molar-refractivity contribution < 1.29 is 8.42 Å². The Morgan fingerprint density at radius 2 is 2.10 bits per heavy atom. The molecule has 1 aromatic heterocycles. The van der Waals surface area contributed by atoms with Crippen molar-refractivity contribution in [1.82, 2.24) is 15.0 Å². The average Bonchev–Trinajstić information content (AvgIpc) is 2.46. The Hall–Kier alpha value is -0.800. The van der Waals surface area contributed by atoms with Crippen molar-refractivity contribution in [3.63, 3.8) is 0 Å². The predicted octanol–water partition coefficient (Wildman–Crippen LogP) is 0.905. The van der Waals surface area contributed by atoms with Crippen LogP contribution in [0, 0.1) is 0 Å². The van der Waals surface area contributed by atoms with Crippen LogP contribution in [0.3, 0.4) is 0 Å². The first-order valence-electron chi connectivity index (χ1n) is 6.50. The van der Waals surface area contributed by atoms with Crippen molar-refractivity contribution in [3.8, 4) is 0 Å². The van der Waals surface area contributed by atoms with Gasteiger partial charge in [0.05, 0.1) is 0 Å². The lowest BCUT2D eigenvalue weighted by molar-refractivity contribution is 0.577. The van der Waals surface area contributed by atoms with E-state index in [2.05, 4.69) is 15.0 Å². The number of anilines is 2. The van der Waals surface area contributed by atoms with E-state index in [0.717, 1.165) is 5.75 Å². The summed E-state index contributed by atoms with van der Waals surface area (Å²) in [5.41, 5.74) is 0. The fourth-order valence-electron chi connectivity index (χ4n) is 1.96. The molecular formula is C11H18ClN5O2S2. The molecule has 2 rings (SSSR count). The van der Waals surface area contributed by atoms with Crippen molar-refractivity contribution in [2.75, 3.05) is 47.7 Å². The van der Waals surface area contributed by atoms with Gasteiger partial charge in [-0.2, -0.15) is 26.7 Å². The number of aromatic nitrogens is 3. The topological polar surface area (TPSA) is 79.3 Å². The van der Waals surface area contributed by atoms with Crippen molar-refractivity contribution in [1.29, 1.82) is 0 Å². The van der Waals surface area contributed by atoms with Crippen molar-refractivity contribution in [2.24, 2.45) is 0 Å². The van der Waals surface area contributed by atoms with Crippen molar-refractivity contribution in [3.05, 3.63) is 5.28 Å². The Morgan fingerprint density at radius 3 is 2.71 bits per heavy atom. The smallest absolute Gasteiger partial charge is 0.232 e. The quantitative estimate of drug-likeness (QED) is 0.791. The minimum absolute atomic E-state index is 0.0644. The van der Waals surface area contributed by atoms with Crippen LogP contribution in [0.5, 0.6) is 0 Å². The molecule has 1 saturated heterocycles. The molecule has 0 N–H and O–H groups in total. The zero-order valence-corrected chi connectivity index (χ0v) is 14.5. The number of sulfone groups is 1. The van der Waals surface area contributed by atoms with Gasteiger partial charge in [0.1, 0.15) is 5.37 Å². The molecule has 2 heterocycles. The fraction of sp³-hybridized carbons (Fsp3) is 0.727. The third-order valence-electron chi connectivity index (χ3n) is 3.14. The van der Waals surface area contributed by atoms with Gasteiger partial charge in [0.25, 0.3) is 0 Å². The van der Waals surface area contributed by atoms with Crippen LogP contribution in [0.15, 0.2) is 0 Å². The standard InChI is InChI=1S/C11H18ClN5O2S2/c1-4-21(18,19)8-7-20-6-5-17(8)11-14-9(12)13-10(15-11)16(2)3/h8H,4-7H2,1-3H3. The Morgan fingerprint density at radius 1 is 1.38 bits per heavy atom. The Kier molecular flexibility index (Phi) is 5.15. The Balaban J connectivity index is 2.42. The van der Waals surface area contributed by atoms with Gasteiger partial charge in [-0.1, -0.05) is 6.92 Å². The van der Waals surface area contributed by atoms with Crippen LogP contribution in [-0.4, -0.2) is 66.6 Å². The lowest BCUT2D eigenvalue weighted by Crippen LogP contribution is -2.48. The maximum absolute atomic E-state index is 12.3. The SMILES string of the molecule is CCS(=O)(=O)C1CSCCN1c1nc(Cl)nc(N(C)C)n1. The van der Waals surface area contributed by atoms with Crippen molar-refractivity contribution >= 4 is 45.1 Å². The number of hydrogen-bond acceptors (Lipinski definition) is 8. The van der Waals surface area contributed by atoms with E-state index in [-0.39, 0.29) is 11.0 Å². The van der Waals surface area contributed by atoms with Gasteiger partial charge < -0.3 is 9.80 Å². The molecule has 1 aliphatic rings. The summed E-state index contributed by atoms with van der Waals surface area (Å²) in [6.45, 7) is 2.22. The molecule has 0 bridgehead atoms. The summed E-state index contributed by atoms with van der Waals surface area (Å²) < 4.78 is 24.5. The average molecular weight is 352 g/mol. The first-order valence-corrected chi connectivity index (χ1v) is 9.75. The fourth-order valence-corrected chi connectivity index (χ4v) is 5.07. The molecule has 1 aromatic rings. The molecule has 7 nitrogen and oxygen atoms in total. The van der Waals surface area contributed by atoms with Gasteiger partial charge in [-0.3, -0.25) is 0 Å². The van der Waals surface area contributed by atoms with Crippen LogP contribution < -0.4 is 9.80 Å². The van der Waals surface area contributed by atoms with E-state index in [9.17, 15) is 8.42 Å². The first kappa shape index (κ1) is 16.6. The molecule has 0 aliphatic carbocycles. The molecule has 0 radical (unpaired) electrons. The molecular weight excluding hydrogens is 334 g/mol. The van der Waals surface area contributed by atoms with Crippen LogP contribution in [0.1, 0.15) is 6.92 Å². The molecule has 21 heavy (non-hydrogen) atoms. The predicted molar refractivity (Wildman–Crippen MR) is 87.1 cm³/mol. The Labute approximate surface area is 134 Å². The summed E-state index contributed by atoms with van der Waals surface area (Å²) in [7, 11) is 0.370. The van der Waals surface area contributed by atoms with E-state index in [4.69, 9.17) is 11.6 Å². The highest BCUT2D eigenvalue weighted by atomic mass is 35.5. The highest BCUT2D eigenvalue weighted by Crippen LogP contribution is 2.26. The van der Waals surface area contributed by atoms with E-state index < -0.39 is 15.2 Å². The summed E-state index contributed by atoms with van der Waals surface area (Å²) in [6.07, 6.45) is 0. The second-order valence-electron chi connectivity index (χ2n) is 4.77. The molecule has 1 atom stereocenters. The minimum atomic E-state index is -3.22. The molecule has 1 fully saturated rings. The highest BCUT2D eigenvalue weighted by molar-refractivity contribution is 8.01. The molecule has 1 aliphatic heterocycles. The van der Waals surface area contributed by atoms with Crippen LogP contribution in [-0.2, 0) is 9.84 Å². The van der Waals surface area contributed by atoms with E-state index in [1.807, 2.05) is 0 Å². The third kappa shape index (κ3) is 3.70. The zero-order chi connectivity index (χ0) is 15.6. The van der Waals surface area contributed by atoms with Crippen LogP contribution in [0.2, 0.25) is 5.28 Å². The zero-order valence-electron chi connectivity index (χ0n) is 12.2. The van der Waals surface area contributed by atoms with Gasteiger partial charge in [0.2, 0.25) is 17.2 Å². The number of hydrogen-bond donors (Lipinski definition) is 0. The van der Waals surface area contributed by atoms with Crippen LogP contribution >= 0.6 is 23.4 Å². The lowest BCUT2D eigenvalue weighted by atomic mass is 10.5. The molecule has 118 valence electrons. The van der Waals surface area contributed by atoms with Gasteiger partial charge in [0.15, 0.2) is 9.84 Å². The summed E-state index contributed by atoms with van der Waals surface area (Å²) in [4.78, 5) is 15.9. The van der Waals surface area contributed by atoms with E-state index in [1.165, 1.54) is 0 Å². The van der Waals surface area contributed by atoms with Gasteiger partial charge in [0, 0.05) is 37.9 Å².